The molecule has 0 radical (unpaired) electrons. The van der Waals surface area contributed by atoms with E-state index < -0.39 is 11.7 Å². The molecule has 1 aromatic carbocycles. The van der Waals surface area contributed by atoms with Crippen molar-refractivity contribution in [2.75, 3.05) is 5.75 Å². The maximum Gasteiger partial charge on any atom is 0.416 e. The molecule has 0 aliphatic heterocycles. The number of amides is 1. The van der Waals surface area contributed by atoms with E-state index in [-0.39, 0.29) is 18.2 Å². The van der Waals surface area contributed by atoms with Gasteiger partial charge in [0.1, 0.15) is 11.4 Å². The van der Waals surface area contributed by atoms with Crippen molar-refractivity contribution < 1.29 is 18.0 Å². The van der Waals surface area contributed by atoms with Crippen LogP contribution in [0.5, 0.6) is 0 Å². The zero-order valence-electron chi connectivity index (χ0n) is 13.8. The standard InChI is InChI=1S/C17H14F3N5OS/c18-17(19,20)13-4-2-12(3-5-13)9-21-15(26)10-27-16-8-14(22-11-23-16)25-7-1-6-24-25/h1-8,11H,9-10H2,(H,21,26). The van der Waals surface area contributed by atoms with Gasteiger partial charge in [0.05, 0.1) is 11.3 Å². The summed E-state index contributed by atoms with van der Waals surface area (Å²) >= 11 is 1.23. The Balaban J connectivity index is 1.49. The lowest BCUT2D eigenvalue weighted by Crippen LogP contribution is -2.24. The highest BCUT2D eigenvalue weighted by Gasteiger charge is 2.29. The van der Waals surface area contributed by atoms with Gasteiger partial charge in [0.15, 0.2) is 5.82 Å². The third kappa shape index (κ3) is 5.30. The van der Waals surface area contributed by atoms with Crippen LogP contribution in [-0.4, -0.2) is 31.4 Å². The van der Waals surface area contributed by atoms with Crippen LogP contribution in [0.3, 0.4) is 0 Å². The van der Waals surface area contributed by atoms with E-state index in [2.05, 4.69) is 20.4 Å². The first-order valence-corrected chi connectivity index (χ1v) is 8.78. The van der Waals surface area contributed by atoms with E-state index in [0.29, 0.717) is 16.4 Å². The molecular weight excluding hydrogens is 379 g/mol. The number of hydrogen-bond acceptors (Lipinski definition) is 5. The molecule has 1 amide bonds. The smallest absolute Gasteiger partial charge is 0.351 e. The van der Waals surface area contributed by atoms with Gasteiger partial charge in [0.2, 0.25) is 5.91 Å². The van der Waals surface area contributed by atoms with Crippen LogP contribution in [0.25, 0.3) is 5.82 Å². The largest absolute Gasteiger partial charge is 0.416 e. The molecule has 3 aromatic rings. The van der Waals surface area contributed by atoms with Crippen LogP contribution < -0.4 is 5.32 Å². The van der Waals surface area contributed by atoms with Gasteiger partial charge in [-0.1, -0.05) is 23.9 Å². The van der Waals surface area contributed by atoms with Crippen LogP contribution in [-0.2, 0) is 17.5 Å². The number of thioether (sulfide) groups is 1. The van der Waals surface area contributed by atoms with Gasteiger partial charge in [-0.25, -0.2) is 14.6 Å². The summed E-state index contributed by atoms with van der Waals surface area (Å²) in [4.78, 5) is 20.2. The lowest BCUT2D eigenvalue weighted by atomic mass is 10.1. The molecular formula is C17H14F3N5OS. The van der Waals surface area contributed by atoms with Gasteiger partial charge in [-0.15, -0.1) is 0 Å². The molecule has 0 bridgehead atoms. The second kappa shape index (κ2) is 8.21. The van der Waals surface area contributed by atoms with Crippen LogP contribution in [0.1, 0.15) is 11.1 Å². The van der Waals surface area contributed by atoms with Crippen molar-refractivity contribution in [1.29, 1.82) is 0 Å². The minimum Gasteiger partial charge on any atom is -0.351 e. The predicted octanol–water partition coefficient (Wildman–Crippen LogP) is 3.09. The lowest BCUT2D eigenvalue weighted by Gasteiger charge is -2.08. The topological polar surface area (TPSA) is 72.7 Å². The molecule has 2 aromatic heterocycles. The maximum absolute atomic E-state index is 12.5. The van der Waals surface area contributed by atoms with Crippen LogP contribution in [0.2, 0.25) is 0 Å². The summed E-state index contributed by atoms with van der Waals surface area (Å²) in [5.41, 5.74) is -0.130. The molecule has 0 aliphatic carbocycles. The van der Waals surface area contributed by atoms with E-state index in [9.17, 15) is 18.0 Å². The molecule has 1 N–H and O–H groups in total. The highest BCUT2D eigenvalue weighted by Crippen LogP contribution is 2.29. The van der Waals surface area contributed by atoms with E-state index in [1.165, 1.54) is 30.2 Å². The SMILES string of the molecule is O=C(CSc1cc(-n2cccn2)ncn1)NCc1ccc(C(F)(F)F)cc1. The van der Waals surface area contributed by atoms with Gasteiger partial charge in [0, 0.05) is 25.0 Å². The summed E-state index contributed by atoms with van der Waals surface area (Å²) in [6, 6.07) is 8.15. The molecule has 0 spiro atoms. The number of nitrogens with zero attached hydrogens (tertiary/aromatic N) is 4. The van der Waals surface area contributed by atoms with Crippen LogP contribution in [0.15, 0.2) is 60.1 Å². The quantitative estimate of drug-likeness (QED) is 0.515. The van der Waals surface area contributed by atoms with Crippen molar-refractivity contribution in [3.8, 4) is 5.82 Å². The summed E-state index contributed by atoms with van der Waals surface area (Å²) in [5, 5.41) is 7.35. The monoisotopic (exact) mass is 393 g/mol. The molecule has 0 aliphatic rings. The molecule has 6 nitrogen and oxygen atoms in total. The number of nitrogens with one attached hydrogen (secondary N) is 1. The second-order valence-corrected chi connectivity index (χ2v) is 6.42. The molecule has 0 saturated carbocycles. The van der Waals surface area contributed by atoms with Crippen molar-refractivity contribution in [1.82, 2.24) is 25.1 Å². The fraction of sp³-hybridized carbons (Fsp3) is 0.176. The van der Waals surface area contributed by atoms with Crippen molar-refractivity contribution in [2.24, 2.45) is 0 Å². The molecule has 0 saturated heterocycles. The number of carbonyl (C=O) groups is 1. The first kappa shape index (κ1) is 18.9. The normalized spacial score (nSPS) is 11.4. The summed E-state index contributed by atoms with van der Waals surface area (Å²) in [7, 11) is 0. The number of rotatable bonds is 6. The molecule has 0 unspecified atom stereocenters. The van der Waals surface area contributed by atoms with Crippen molar-refractivity contribution in [3.05, 3.63) is 66.2 Å². The average molecular weight is 393 g/mol. The third-order valence-electron chi connectivity index (χ3n) is 3.49. The van der Waals surface area contributed by atoms with Gasteiger partial charge in [-0.3, -0.25) is 4.79 Å². The number of hydrogen-bond donors (Lipinski definition) is 1. The Morgan fingerprint density at radius 2 is 1.96 bits per heavy atom. The van der Waals surface area contributed by atoms with Crippen molar-refractivity contribution in [2.45, 2.75) is 17.7 Å². The third-order valence-corrected chi connectivity index (χ3v) is 4.41. The number of benzene rings is 1. The van der Waals surface area contributed by atoms with Crippen molar-refractivity contribution in [3.63, 3.8) is 0 Å². The number of alkyl halides is 3. The number of halogens is 3. The Morgan fingerprint density at radius 3 is 2.63 bits per heavy atom. The Hall–Kier alpha value is -2.88. The molecule has 0 atom stereocenters. The number of carbonyl (C=O) groups excluding carboxylic acids is 1. The van der Waals surface area contributed by atoms with Crippen molar-refractivity contribution >= 4 is 17.7 Å². The molecule has 27 heavy (non-hydrogen) atoms. The minimum atomic E-state index is -4.37. The molecule has 10 heteroatoms. The van der Waals surface area contributed by atoms with Gasteiger partial charge in [-0.05, 0) is 23.8 Å². The first-order valence-electron chi connectivity index (χ1n) is 7.79. The zero-order valence-corrected chi connectivity index (χ0v) is 14.7. The van der Waals surface area contributed by atoms with E-state index in [0.717, 1.165) is 12.1 Å². The van der Waals surface area contributed by atoms with Gasteiger partial charge in [-0.2, -0.15) is 18.3 Å². The molecule has 2 heterocycles. The highest BCUT2D eigenvalue weighted by molar-refractivity contribution is 7.99. The zero-order chi connectivity index (χ0) is 19.3. The van der Waals surface area contributed by atoms with Gasteiger partial charge in [0.25, 0.3) is 0 Å². The highest BCUT2D eigenvalue weighted by atomic mass is 32.2. The molecule has 3 rings (SSSR count). The van der Waals surface area contributed by atoms with E-state index in [1.54, 1.807) is 29.2 Å². The Kier molecular flexibility index (Phi) is 5.75. The Morgan fingerprint density at radius 1 is 1.19 bits per heavy atom. The number of aromatic nitrogens is 4. The van der Waals surface area contributed by atoms with E-state index >= 15 is 0 Å². The lowest BCUT2D eigenvalue weighted by molar-refractivity contribution is -0.137. The van der Waals surface area contributed by atoms with Crippen LogP contribution in [0.4, 0.5) is 13.2 Å². The average Bonchev–Trinajstić information content (AvgIpc) is 3.19. The fourth-order valence-corrected chi connectivity index (χ4v) is 2.83. The molecule has 0 fully saturated rings. The Labute approximate surface area is 156 Å². The van der Waals surface area contributed by atoms with Gasteiger partial charge < -0.3 is 5.32 Å². The van der Waals surface area contributed by atoms with E-state index in [1.807, 2.05) is 0 Å². The van der Waals surface area contributed by atoms with Gasteiger partial charge >= 0.3 is 6.18 Å². The minimum absolute atomic E-state index is 0.121. The second-order valence-electron chi connectivity index (χ2n) is 5.43. The predicted molar refractivity (Wildman–Crippen MR) is 93.2 cm³/mol. The summed E-state index contributed by atoms with van der Waals surface area (Å²) in [6.45, 7) is 0.153. The van der Waals surface area contributed by atoms with Crippen LogP contribution in [0, 0.1) is 0 Å². The fourth-order valence-electron chi connectivity index (χ4n) is 2.14. The summed E-state index contributed by atoms with van der Waals surface area (Å²) < 4.78 is 39.2. The molecule has 140 valence electrons. The Bertz CT molecular complexity index is 898. The maximum atomic E-state index is 12.5. The summed E-state index contributed by atoms with van der Waals surface area (Å²) in [5.74, 6) is 0.456. The summed E-state index contributed by atoms with van der Waals surface area (Å²) in [6.07, 6.45) is 0.390. The van der Waals surface area contributed by atoms with E-state index in [4.69, 9.17) is 0 Å². The van der Waals surface area contributed by atoms with Crippen LogP contribution >= 0.6 is 11.8 Å². The first-order chi connectivity index (χ1) is 12.9.